The molecule has 10 nitrogen and oxygen atoms in total. The number of benzene rings is 1. The van der Waals surface area contributed by atoms with Crippen LogP contribution in [0.15, 0.2) is 64.0 Å². The summed E-state index contributed by atoms with van der Waals surface area (Å²) in [6, 6.07) is 6.61. The Kier molecular flexibility index (Phi) is 7.60. The van der Waals surface area contributed by atoms with Crippen molar-refractivity contribution in [3.05, 3.63) is 86.6 Å². The van der Waals surface area contributed by atoms with Crippen molar-refractivity contribution in [2.24, 2.45) is 0 Å². The molecule has 1 aromatic carbocycles. The number of carbonyl (C=O) groups excluding carboxylic acids is 2. The number of para-hydroxylation sites is 1. The number of carbonyl (C=O) groups is 2. The molecule has 0 spiro atoms. The third kappa shape index (κ3) is 5.28. The van der Waals surface area contributed by atoms with E-state index in [-0.39, 0.29) is 36.3 Å². The van der Waals surface area contributed by atoms with E-state index in [1.54, 1.807) is 24.3 Å². The van der Waals surface area contributed by atoms with Crippen molar-refractivity contribution in [1.82, 2.24) is 19.0 Å². The van der Waals surface area contributed by atoms with Crippen molar-refractivity contribution in [3.63, 3.8) is 0 Å². The highest BCUT2D eigenvalue weighted by atomic mass is 16.2. The number of hydrogen-bond acceptors (Lipinski definition) is 5. The van der Waals surface area contributed by atoms with Crippen molar-refractivity contribution in [1.29, 1.82) is 0 Å². The van der Waals surface area contributed by atoms with E-state index >= 15 is 0 Å². The van der Waals surface area contributed by atoms with Gasteiger partial charge in [-0.15, -0.1) is 13.2 Å². The summed E-state index contributed by atoms with van der Waals surface area (Å²) in [7, 11) is 0. The molecule has 0 aliphatic heterocycles. The predicted octanol–water partition coefficient (Wildman–Crippen LogP) is 0.855. The number of hydrogen-bond donors (Lipinski definition) is 2. The van der Waals surface area contributed by atoms with Gasteiger partial charge in [-0.3, -0.25) is 9.59 Å². The molecule has 0 atom stereocenters. The van der Waals surface area contributed by atoms with Crippen LogP contribution < -0.4 is 27.7 Å². The highest BCUT2D eigenvalue weighted by molar-refractivity contribution is 6.03. The number of amides is 2. The fraction of sp³-hybridized carbons (Fsp3) is 0.348. The SMILES string of the molecule is C=CCn1c(=O)n(CC=C)c(=O)n(CC(=O)Nc2ccccc2C(=O)NC2CCCC2)c1=O. The van der Waals surface area contributed by atoms with Crippen LogP contribution in [0.25, 0.3) is 0 Å². The van der Waals surface area contributed by atoms with Crippen molar-refractivity contribution in [3.8, 4) is 0 Å². The van der Waals surface area contributed by atoms with Gasteiger partial charge in [0.1, 0.15) is 6.54 Å². The van der Waals surface area contributed by atoms with Gasteiger partial charge in [0, 0.05) is 6.04 Å². The summed E-state index contributed by atoms with van der Waals surface area (Å²) < 4.78 is 2.30. The molecule has 10 heteroatoms. The zero-order valence-electron chi connectivity index (χ0n) is 18.3. The van der Waals surface area contributed by atoms with E-state index in [0.717, 1.165) is 34.8 Å². The van der Waals surface area contributed by atoms with Crippen LogP contribution in [0.5, 0.6) is 0 Å². The molecule has 0 unspecified atom stereocenters. The van der Waals surface area contributed by atoms with E-state index in [9.17, 15) is 24.0 Å². The largest absolute Gasteiger partial charge is 0.349 e. The van der Waals surface area contributed by atoms with Gasteiger partial charge in [-0.25, -0.2) is 28.1 Å². The van der Waals surface area contributed by atoms with Crippen LogP contribution in [0.3, 0.4) is 0 Å². The second-order valence-electron chi connectivity index (χ2n) is 7.78. The fourth-order valence-corrected chi connectivity index (χ4v) is 3.85. The normalized spacial score (nSPS) is 13.5. The minimum absolute atomic E-state index is 0.106. The average molecular weight is 453 g/mol. The van der Waals surface area contributed by atoms with E-state index in [1.807, 2.05) is 0 Å². The van der Waals surface area contributed by atoms with Crippen molar-refractivity contribution < 1.29 is 9.59 Å². The molecule has 2 aromatic rings. The summed E-state index contributed by atoms with van der Waals surface area (Å²) in [5, 5.41) is 5.57. The molecule has 1 aliphatic rings. The smallest absolute Gasteiger partial charge is 0.337 e. The molecule has 174 valence electrons. The Morgan fingerprint density at radius 2 is 1.45 bits per heavy atom. The Balaban J connectivity index is 1.87. The Morgan fingerprint density at radius 1 is 0.909 bits per heavy atom. The van der Waals surface area contributed by atoms with Crippen LogP contribution in [-0.2, 0) is 24.4 Å². The Bertz CT molecular complexity index is 1200. The first kappa shape index (κ1) is 23.7. The van der Waals surface area contributed by atoms with E-state index in [1.165, 1.54) is 12.2 Å². The molecule has 2 N–H and O–H groups in total. The minimum atomic E-state index is -0.923. The lowest BCUT2D eigenvalue weighted by Gasteiger charge is -2.15. The first-order chi connectivity index (χ1) is 15.9. The number of aromatic nitrogens is 3. The summed E-state index contributed by atoms with van der Waals surface area (Å²) in [6.07, 6.45) is 6.65. The zero-order chi connectivity index (χ0) is 24.0. The molecule has 3 rings (SSSR count). The monoisotopic (exact) mass is 453 g/mol. The van der Waals surface area contributed by atoms with Crippen molar-refractivity contribution >= 4 is 17.5 Å². The van der Waals surface area contributed by atoms with Crippen LogP contribution >= 0.6 is 0 Å². The summed E-state index contributed by atoms with van der Waals surface area (Å²) >= 11 is 0. The highest BCUT2D eigenvalue weighted by Gasteiger charge is 2.21. The summed E-state index contributed by atoms with van der Waals surface area (Å²) in [6.45, 7) is 6.14. The van der Waals surface area contributed by atoms with Gasteiger partial charge in [-0.1, -0.05) is 37.1 Å². The van der Waals surface area contributed by atoms with E-state index in [2.05, 4.69) is 23.8 Å². The molecule has 1 aliphatic carbocycles. The fourth-order valence-electron chi connectivity index (χ4n) is 3.85. The Labute approximate surface area is 189 Å². The molecule has 33 heavy (non-hydrogen) atoms. The lowest BCUT2D eigenvalue weighted by Crippen LogP contribution is -2.55. The Hall–Kier alpha value is -3.95. The van der Waals surface area contributed by atoms with Gasteiger partial charge in [0.05, 0.1) is 24.3 Å². The quantitative estimate of drug-likeness (QED) is 0.545. The predicted molar refractivity (Wildman–Crippen MR) is 124 cm³/mol. The van der Waals surface area contributed by atoms with Crippen LogP contribution in [0.1, 0.15) is 36.0 Å². The maximum absolute atomic E-state index is 12.8. The summed E-state index contributed by atoms with van der Waals surface area (Å²) in [5.74, 6) is -0.993. The van der Waals surface area contributed by atoms with E-state index in [0.29, 0.717) is 4.57 Å². The molecule has 1 saturated carbocycles. The number of allylic oxidation sites excluding steroid dienone is 2. The molecule has 1 heterocycles. The number of anilines is 1. The molecule has 1 fully saturated rings. The second-order valence-corrected chi connectivity index (χ2v) is 7.78. The van der Waals surface area contributed by atoms with Crippen LogP contribution in [0.2, 0.25) is 0 Å². The molecule has 0 saturated heterocycles. The van der Waals surface area contributed by atoms with Gasteiger partial charge in [0.2, 0.25) is 5.91 Å². The lowest BCUT2D eigenvalue weighted by atomic mass is 10.1. The molecular formula is C23H27N5O5. The van der Waals surface area contributed by atoms with Gasteiger partial charge < -0.3 is 10.6 Å². The zero-order valence-corrected chi connectivity index (χ0v) is 18.3. The Morgan fingerprint density at radius 3 is 2.03 bits per heavy atom. The average Bonchev–Trinajstić information content (AvgIpc) is 3.30. The van der Waals surface area contributed by atoms with Gasteiger partial charge in [-0.2, -0.15) is 0 Å². The topological polar surface area (TPSA) is 124 Å². The van der Waals surface area contributed by atoms with E-state index < -0.39 is 29.5 Å². The van der Waals surface area contributed by atoms with E-state index in [4.69, 9.17) is 0 Å². The van der Waals surface area contributed by atoms with Crippen LogP contribution in [0, 0.1) is 0 Å². The van der Waals surface area contributed by atoms with Gasteiger partial charge in [-0.05, 0) is 25.0 Å². The molecule has 2 amide bonds. The molecular weight excluding hydrogens is 426 g/mol. The van der Waals surface area contributed by atoms with Crippen molar-refractivity contribution in [2.45, 2.75) is 51.4 Å². The highest BCUT2D eigenvalue weighted by Crippen LogP contribution is 2.20. The summed E-state index contributed by atoms with van der Waals surface area (Å²) in [4.78, 5) is 63.3. The number of rotatable bonds is 9. The van der Waals surface area contributed by atoms with Crippen molar-refractivity contribution in [2.75, 3.05) is 5.32 Å². The maximum Gasteiger partial charge on any atom is 0.337 e. The van der Waals surface area contributed by atoms with Crippen LogP contribution in [0.4, 0.5) is 5.69 Å². The van der Waals surface area contributed by atoms with Gasteiger partial charge in [0.25, 0.3) is 5.91 Å². The first-order valence-electron chi connectivity index (χ1n) is 10.7. The minimum Gasteiger partial charge on any atom is -0.349 e. The molecule has 0 radical (unpaired) electrons. The van der Waals surface area contributed by atoms with Gasteiger partial charge >= 0.3 is 17.1 Å². The third-order valence-corrected chi connectivity index (χ3v) is 5.45. The number of nitrogens with zero attached hydrogens (tertiary/aromatic N) is 3. The summed E-state index contributed by atoms with van der Waals surface area (Å²) in [5.41, 5.74) is -2.11. The lowest BCUT2D eigenvalue weighted by molar-refractivity contribution is -0.116. The third-order valence-electron chi connectivity index (χ3n) is 5.45. The standard InChI is InChI=1S/C23H27N5O5/c1-3-13-26-21(31)27(14-4-2)23(33)28(22(26)32)15-19(29)25-18-12-8-7-11-17(18)20(30)24-16-9-5-6-10-16/h3-4,7-8,11-12,16H,1-2,5-6,9-10,13-15H2,(H,24,30)(H,25,29). The van der Waals surface area contributed by atoms with Gasteiger partial charge in [0.15, 0.2) is 0 Å². The first-order valence-corrected chi connectivity index (χ1v) is 10.7. The second kappa shape index (κ2) is 10.6. The number of nitrogens with one attached hydrogen (secondary N) is 2. The molecule has 0 bridgehead atoms. The maximum atomic E-state index is 12.8. The van der Waals surface area contributed by atoms with Crippen LogP contribution in [-0.4, -0.2) is 31.6 Å². The molecule has 1 aromatic heterocycles.